The van der Waals surface area contributed by atoms with Gasteiger partial charge in [-0.2, -0.15) is 5.10 Å². The minimum Gasteiger partial charge on any atom is -0.328 e. The van der Waals surface area contributed by atoms with E-state index in [0.717, 1.165) is 35.2 Å². The molecule has 0 spiro atoms. The average Bonchev–Trinajstić information content (AvgIpc) is 2.95. The van der Waals surface area contributed by atoms with Gasteiger partial charge in [0, 0.05) is 18.9 Å². The van der Waals surface area contributed by atoms with Crippen LogP contribution in [0.3, 0.4) is 0 Å². The predicted molar refractivity (Wildman–Crippen MR) is 71.5 cm³/mol. The van der Waals surface area contributed by atoms with Crippen LogP contribution in [0.1, 0.15) is 31.1 Å². The highest BCUT2D eigenvalue weighted by atomic mass is 35.5. The fourth-order valence-corrected chi connectivity index (χ4v) is 2.33. The van der Waals surface area contributed by atoms with Crippen molar-refractivity contribution in [2.24, 2.45) is 5.73 Å². The monoisotopic (exact) mass is 267 g/mol. The van der Waals surface area contributed by atoms with Gasteiger partial charge in [0.15, 0.2) is 0 Å². The second-order valence-corrected chi connectivity index (χ2v) is 4.43. The molecule has 0 aliphatic carbocycles. The van der Waals surface area contributed by atoms with E-state index in [-0.39, 0.29) is 0 Å². The van der Waals surface area contributed by atoms with Gasteiger partial charge in [-0.15, -0.1) is 0 Å². The lowest BCUT2D eigenvalue weighted by molar-refractivity contribution is 0.586. The first kappa shape index (κ1) is 13.1. The maximum Gasteiger partial charge on any atom is 0.122 e. The fraction of sp³-hybridized carbons (Fsp3) is 0.500. The average molecular weight is 268 g/mol. The van der Waals surface area contributed by atoms with E-state index < -0.39 is 0 Å². The first-order valence-corrected chi connectivity index (χ1v) is 6.53. The zero-order valence-corrected chi connectivity index (χ0v) is 11.5. The zero-order valence-electron chi connectivity index (χ0n) is 10.7. The highest BCUT2D eigenvalue weighted by molar-refractivity contribution is 6.31. The smallest absolute Gasteiger partial charge is 0.122 e. The molecule has 0 atom stereocenters. The van der Waals surface area contributed by atoms with Gasteiger partial charge in [-0.05, 0) is 13.3 Å². The molecule has 2 rings (SSSR count). The van der Waals surface area contributed by atoms with Crippen molar-refractivity contribution in [2.75, 3.05) is 0 Å². The lowest BCUT2D eigenvalue weighted by Gasteiger charge is -2.08. The Hall–Kier alpha value is -1.33. The summed E-state index contributed by atoms with van der Waals surface area (Å²) in [6.45, 7) is 6.00. The Bertz CT molecular complexity index is 529. The summed E-state index contributed by atoms with van der Waals surface area (Å²) < 4.78 is 3.95. The van der Waals surface area contributed by atoms with Crippen LogP contribution < -0.4 is 5.73 Å². The standard InChI is InChI=1S/C12H18ClN5/c1-3-9-12(13)10(18(4-2)16-9)8-17-6-5-15-11(17)7-14/h5-6H,3-4,7-8,14H2,1-2H3. The molecule has 98 valence electrons. The van der Waals surface area contributed by atoms with Gasteiger partial charge in [0.05, 0.1) is 29.5 Å². The summed E-state index contributed by atoms with van der Waals surface area (Å²) in [5.74, 6) is 0.855. The fourth-order valence-electron chi connectivity index (χ4n) is 2.00. The Kier molecular flexibility index (Phi) is 4.04. The molecule has 0 amide bonds. The van der Waals surface area contributed by atoms with E-state index >= 15 is 0 Å². The van der Waals surface area contributed by atoms with E-state index in [1.165, 1.54) is 0 Å². The lowest BCUT2D eigenvalue weighted by Crippen LogP contribution is -2.12. The van der Waals surface area contributed by atoms with Crippen molar-refractivity contribution < 1.29 is 0 Å². The molecular weight excluding hydrogens is 250 g/mol. The zero-order chi connectivity index (χ0) is 13.1. The van der Waals surface area contributed by atoms with Crippen LogP contribution in [0.5, 0.6) is 0 Å². The molecule has 0 unspecified atom stereocenters. The van der Waals surface area contributed by atoms with Crippen LogP contribution in [0.25, 0.3) is 0 Å². The Balaban J connectivity index is 2.36. The molecule has 0 saturated carbocycles. The summed E-state index contributed by atoms with van der Waals surface area (Å²) >= 11 is 6.37. The predicted octanol–water partition coefficient (Wildman–Crippen LogP) is 1.82. The second-order valence-electron chi connectivity index (χ2n) is 4.05. The molecule has 0 saturated heterocycles. The highest BCUT2D eigenvalue weighted by Gasteiger charge is 2.15. The van der Waals surface area contributed by atoms with E-state index in [9.17, 15) is 0 Å². The van der Waals surface area contributed by atoms with E-state index in [1.807, 2.05) is 15.4 Å². The van der Waals surface area contributed by atoms with Crippen LogP contribution in [0.4, 0.5) is 0 Å². The van der Waals surface area contributed by atoms with Crippen molar-refractivity contribution in [3.8, 4) is 0 Å². The summed E-state index contributed by atoms with van der Waals surface area (Å²) in [5, 5.41) is 5.26. The first-order valence-electron chi connectivity index (χ1n) is 6.15. The number of nitrogens with zero attached hydrogens (tertiary/aromatic N) is 4. The molecule has 5 nitrogen and oxygen atoms in total. The maximum absolute atomic E-state index is 6.37. The molecule has 6 heteroatoms. The van der Waals surface area contributed by atoms with E-state index in [4.69, 9.17) is 17.3 Å². The number of imidazole rings is 1. The van der Waals surface area contributed by atoms with Gasteiger partial charge in [-0.1, -0.05) is 18.5 Å². The van der Waals surface area contributed by atoms with E-state index in [2.05, 4.69) is 23.9 Å². The van der Waals surface area contributed by atoms with E-state index in [1.54, 1.807) is 6.20 Å². The van der Waals surface area contributed by atoms with Crippen molar-refractivity contribution in [3.05, 3.63) is 34.6 Å². The lowest BCUT2D eigenvalue weighted by atomic mass is 10.3. The van der Waals surface area contributed by atoms with E-state index in [0.29, 0.717) is 13.1 Å². The SMILES string of the molecule is CCc1nn(CC)c(Cn2ccnc2CN)c1Cl. The van der Waals surface area contributed by atoms with Crippen molar-refractivity contribution >= 4 is 11.6 Å². The molecular formula is C12H18ClN5. The van der Waals surface area contributed by atoms with Gasteiger partial charge >= 0.3 is 0 Å². The maximum atomic E-state index is 6.37. The van der Waals surface area contributed by atoms with Gasteiger partial charge in [-0.3, -0.25) is 4.68 Å². The molecule has 0 aromatic carbocycles. The van der Waals surface area contributed by atoms with Crippen LogP contribution in [-0.4, -0.2) is 19.3 Å². The van der Waals surface area contributed by atoms with Gasteiger partial charge in [0.1, 0.15) is 5.82 Å². The third-order valence-corrected chi connectivity index (χ3v) is 3.43. The molecule has 2 aromatic rings. The van der Waals surface area contributed by atoms with Gasteiger partial charge in [-0.25, -0.2) is 4.98 Å². The molecule has 0 bridgehead atoms. The second kappa shape index (κ2) is 5.54. The number of aromatic nitrogens is 4. The number of rotatable bonds is 5. The number of hydrogen-bond donors (Lipinski definition) is 1. The van der Waals surface area contributed by atoms with Crippen molar-refractivity contribution in [1.29, 1.82) is 0 Å². The third kappa shape index (κ3) is 2.28. The van der Waals surface area contributed by atoms with Crippen LogP contribution in [0.15, 0.2) is 12.4 Å². The molecule has 2 heterocycles. The Morgan fingerprint density at radius 2 is 2.17 bits per heavy atom. The minimum atomic E-state index is 0.422. The normalized spacial score (nSPS) is 11.1. The number of nitrogens with two attached hydrogens (primary N) is 1. The third-order valence-electron chi connectivity index (χ3n) is 3.00. The van der Waals surface area contributed by atoms with Gasteiger partial charge < -0.3 is 10.3 Å². The molecule has 2 N–H and O–H groups in total. The molecule has 18 heavy (non-hydrogen) atoms. The summed E-state index contributed by atoms with van der Waals surface area (Å²) in [5.41, 5.74) is 7.61. The molecule has 2 aromatic heterocycles. The van der Waals surface area contributed by atoms with Gasteiger partial charge in [0.25, 0.3) is 0 Å². The summed E-state index contributed by atoms with van der Waals surface area (Å²) in [7, 11) is 0. The topological polar surface area (TPSA) is 61.7 Å². The Morgan fingerprint density at radius 3 is 2.78 bits per heavy atom. The Morgan fingerprint density at radius 1 is 1.39 bits per heavy atom. The van der Waals surface area contributed by atoms with Crippen molar-refractivity contribution in [2.45, 2.75) is 39.9 Å². The highest BCUT2D eigenvalue weighted by Crippen LogP contribution is 2.22. The van der Waals surface area contributed by atoms with Crippen LogP contribution in [-0.2, 0) is 26.1 Å². The first-order chi connectivity index (χ1) is 8.71. The number of aryl methyl sites for hydroxylation is 2. The van der Waals surface area contributed by atoms with Crippen LogP contribution in [0.2, 0.25) is 5.02 Å². The van der Waals surface area contributed by atoms with Crippen LogP contribution in [0, 0.1) is 0 Å². The summed E-state index contributed by atoms with van der Waals surface area (Å²) in [6.07, 6.45) is 4.51. The molecule has 0 fully saturated rings. The van der Waals surface area contributed by atoms with Crippen LogP contribution >= 0.6 is 11.6 Å². The Labute approximate surface area is 112 Å². The summed E-state index contributed by atoms with van der Waals surface area (Å²) in [6, 6.07) is 0. The quantitative estimate of drug-likeness (QED) is 0.899. The molecule has 0 radical (unpaired) electrons. The van der Waals surface area contributed by atoms with Gasteiger partial charge in [0.2, 0.25) is 0 Å². The van der Waals surface area contributed by atoms with Crippen molar-refractivity contribution in [1.82, 2.24) is 19.3 Å². The van der Waals surface area contributed by atoms with Crippen molar-refractivity contribution in [3.63, 3.8) is 0 Å². The molecule has 0 aliphatic rings. The number of hydrogen-bond acceptors (Lipinski definition) is 3. The molecule has 0 aliphatic heterocycles. The minimum absolute atomic E-state index is 0.422. The summed E-state index contributed by atoms with van der Waals surface area (Å²) in [4.78, 5) is 4.21. The largest absolute Gasteiger partial charge is 0.328 e. The number of halogens is 1.